The Hall–Kier alpha value is -1.69. The average molecular weight is 324 g/mol. The lowest BCUT2D eigenvalue weighted by atomic mass is 9.92. The minimum Gasteiger partial charge on any atom is -0.304 e. The summed E-state index contributed by atoms with van der Waals surface area (Å²) >= 11 is 0. The molecular weight excluding hydrogens is 298 g/mol. The van der Waals surface area contributed by atoms with Crippen molar-refractivity contribution in [1.29, 1.82) is 0 Å². The summed E-state index contributed by atoms with van der Waals surface area (Å²) < 4.78 is 2.04. The van der Waals surface area contributed by atoms with E-state index in [0.29, 0.717) is 0 Å². The van der Waals surface area contributed by atoms with Crippen LogP contribution in [0.4, 0.5) is 0 Å². The number of nitrogens with zero attached hydrogens (tertiary/aromatic N) is 5. The van der Waals surface area contributed by atoms with Gasteiger partial charge in [-0.1, -0.05) is 24.3 Å². The summed E-state index contributed by atoms with van der Waals surface area (Å²) in [6.07, 6.45) is 1.05. The minimum atomic E-state index is 0.0994. The van der Waals surface area contributed by atoms with Gasteiger partial charge in [0, 0.05) is 46.3 Å². The van der Waals surface area contributed by atoms with Gasteiger partial charge in [0.25, 0.3) is 0 Å². The molecule has 5 nitrogen and oxygen atoms in total. The number of piperazine rings is 1. The Kier molecular flexibility index (Phi) is 4.39. The molecule has 4 rings (SSSR count). The molecule has 1 aromatic carbocycles. The SMILES string of the molecule is CN1CCN(Cc2cc(C3[N]CCc4ccccc43)nn2C)CC1. The number of aryl methyl sites for hydroxylation is 1. The maximum Gasteiger partial charge on any atom is 0.0938 e. The zero-order chi connectivity index (χ0) is 16.5. The van der Waals surface area contributed by atoms with Crippen molar-refractivity contribution >= 4 is 0 Å². The van der Waals surface area contributed by atoms with E-state index in [4.69, 9.17) is 10.4 Å². The lowest BCUT2D eigenvalue weighted by Gasteiger charge is -2.32. The molecule has 0 spiro atoms. The van der Waals surface area contributed by atoms with Crippen LogP contribution in [-0.2, 0) is 20.0 Å². The van der Waals surface area contributed by atoms with E-state index in [2.05, 4.69) is 54.2 Å². The van der Waals surface area contributed by atoms with E-state index >= 15 is 0 Å². The second-order valence-corrected chi connectivity index (χ2v) is 7.02. The van der Waals surface area contributed by atoms with Gasteiger partial charge >= 0.3 is 0 Å². The molecule has 0 saturated carbocycles. The van der Waals surface area contributed by atoms with E-state index in [1.165, 1.54) is 16.8 Å². The topological polar surface area (TPSA) is 38.4 Å². The molecule has 2 aliphatic rings. The molecule has 24 heavy (non-hydrogen) atoms. The molecule has 0 bridgehead atoms. The minimum absolute atomic E-state index is 0.0994. The van der Waals surface area contributed by atoms with Crippen molar-refractivity contribution in [3.05, 3.63) is 52.8 Å². The summed E-state index contributed by atoms with van der Waals surface area (Å²) in [5.41, 5.74) is 5.12. The lowest BCUT2D eigenvalue weighted by Crippen LogP contribution is -2.44. The molecule has 1 aromatic heterocycles. The Morgan fingerprint density at radius 1 is 1.08 bits per heavy atom. The van der Waals surface area contributed by atoms with E-state index < -0.39 is 0 Å². The zero-order valence-corrected chi connectivity index (χ0v) is 14.6. The van der Waals surface area contributed by atoms with Crippen LogP contribution in [0.25, 0.3) is 0 Å². The predicted molar refractivity (Wildman–Crippen MR) is 95.0 cm³/mol. The van der Waals surface area contributed by atoms with Crippen LogP contribution in [0.15, 0.2) is 30.3 Å². The molecule has 3 heterocycles. The van der Waals surface area contributed by atoms with Crippen molar-refractivity contribution in [3.8, 4) is 0 Å². The molecule has 1 atom stereocenters. The normalized spacial score (nSPS) is 22.5. The summed E-state index contributed by atoms with van der Waals surface area (Å²) in [7, 11) is 4.26. The van der Waals surface area contributed by atoms with Gasteiger partial charge in [0.1, 0.15) is 0 Å². The molecule has 127 valence electrons. The van der Waals surface area contributed by atoms with Crippen molar-refractivity contribution in [2.45, 2.75) is 19.0 Å². The summed E-state index contributed by atoms with van der Waals surface area (Å²) in [4.78, 5) is 4.91. The first kappa shape index (κ1) is 15.8. The maximum atomic E-state index is 4.86. The van der Waals surface area contributed by atoms with Crippen LogP contribution >= 0.6 is 0 Å². The van der Waals surface area contributed by atoms with E-state index in [1.807, 2.05) is 4.68 Å². The lowest BCUT2D eigenvalue weighted by molar-refractivity contribution is 0.145. The van der Waals surface area contributed by atoms with Crippen LogP contribution in [0.3, 0.4) is 0 Å². The predicted octanol–water partition coefficient (Wildman–Crippen LogP) is 1.42. The number of hydrogen-bond donors (Lipinski definition) is 0. The molecule has 5 heteroatoms. The van der Waals surface area contributed by atoms with Gasteiger partial charge in [0.2, 0.25) is 0 Å². The number of rotatable bonds is 3. The highest BCUT2D eigenvalue weighted by molar-refractivity contribution is 5.37. The molecule has 1 saturated heterocycles. The Labute approximate surface area is 144 Å². The van der Waals surface area contributed by atoms with Crippen LogP contribution in [0.2, 0.25) is 0 Å². The number of likely N-dealkylation sites (N-methyl/N-ethyl adjacent to an activating group) is 1. The fourth-order valence-electron chi connectivity index (χ4n) is 3.74. The number of aromatic nitrogens is 2. The number of fused-ring (bicyclic) bond motifs is 1. The third kappa shape index (κ3) is 3.11. The molecule has 1 radical (unpaired) electrons. The van der Waals surface area contributed by atoms with Gasteiger partial charge in [-0.05, 0) is 30.7 Å². The molecule has 2 aromatic rings. The monoisotopic (exact) mass is 324 g/mol. The first-order valence-electron chi connectivity index (χ1n) is 8.89. The van der Waals surface area contributed by atoms with Crippen molar-refractivity contribution in [2.75, 3.05) is 39.8 Å². The third-order valence-corrected chi connectivity index (χ3v) is 5.30. The molecule has 0 amide bonds. The summed E-state index contributed by atoms with van der Waals surface area (Å²) in [6, 6.07) is 11.0. The van der Waals surface area contributed by atoms with Gasteiger partial charge in [0.05, 0.1) is 17.4 Å². The van der Waals surface area contributed by atoms with Crippen molar-refractivity contribution in [2.24, 2.45) is 7.05 Å². The first-order valence-corrected chi connectivity index (χ1v) is 8.89. The number of hydrogen-bond acceptors (Lipinski definition) is 3. The average Bonchev–Trinajstić information content (AvgIpc) is 2.97. The quantitative estimate of drug-likeness (QED) is 0.857. The van der Waals surface area contributed by atoms with Crippen LogP contribution < -0.4 is 5.32 Å². The largest absolute Gasteiger partial charge is 0.304 e. The molecule has 2 aliphatic heterocycles. The van der Waals surface area contributed by atoms with Crippen LogP contribution in [-0.4, -0.2) is 59.4 Å². The zero-order valence-electron chi connectivity index (χ0n) is 14.6. The molecule has 0 aliphatic carbocycles. The van der Waals surface area contributed by atoms with Crippen LogP contribution in [0, 0.1) is 0 Å². The van der Waals surface area contributed by atoms with Crippen LogP contribution in [0.1, 0.15) is 28.6 Å². The maximum absolute atomic E-state index is 4.86. The van der Waals surface area contributed by atoms with E-state index in [9.17, 15) is 0 Å². The molecular formula is C19H26N5. The first-order chi connectivity index (χ1) is 11.7. The van der Waals surface area contributed by atoms with Gasteiger partial charge in [-0.25, -0.2) is 5.32 Å². The smallest absolute Gasteiger partial charge is 0.0938 e. The molecule has 1 fully saturated rings. The van der Waals surface area contributed by atoms with E-state index in [0.717, 1.165) is 51.4 Å². The van der Waals surface area contributed by atoms with Gasteiger partial charge < -0.3 is 4.90 Å². The van der Waals surface area contributed by atoms with Gasteiger partial charge in [-0.15, -0.1) is 0 Å². The fraction of sp³-hybridized carbons (Fsp3) is 0.526. The fourth-order valence-corrected chi connectivity index (χ4v) is 3.74. The Balaban J connectivity index is 1.54. The Morgan fingerprint density at radius 2 is 1.88 bits per heavy atom. The summed E-state index contributed by atoms with van der Waals surface area (Å²) in [6.45, 7) is 6.44. The summed E-state index contributed by atoms with van der Waals surface area (Å²) in [5.74, 6) is 0. The molecule has 1 unspecified atom stereocenters. The van der Waals surface area contributed by atoms with Gasteiger partial charge in [-0.2, -0.15) is 5.10 Å². The number of benzene rings is 1. The molecule has 0 N–H and O–H groups in total. The highest BCUT2D eigenvalue weighted by Crippen LogP contribution is 2.29. The highest BCUT2D eigenvalue weighted by atomic mass is 15.3. The van der Waals surface area contributed by atoms with Crippen molar-refractivity contribution in [1.82, 2.24) is 24.9 Å². The van der Waals surface area contributed by atoms with Crippen molar-refractivity contribution < 1.29 is 0 Å². The standard InChI is InChI=1S/C19H26N5/c1-22-9-11-24(12-10-22)14-16-13-18(21-23(16)2)19-17-6-4-3-5-15(17)7-8-20-19/h3-6,13,19H,7-12,14H2,1-2H3. The second-order valence-electron chi connectivity index (χ2n) is 7.02. The van der Waals surface area contributed by atoms with Crippen LogP contribution in [0.5, 0.6) is 0 Å². The van der Waals surface area contributed by atoms with Crippen molar-refractivity contribution in [3.63, 3.8) is 0 Å². The van der Waals surface area contributed by atoms with Gasteiger partial charge in [-0.3, -0.25) is 9.58 Å². The third-order valence-electron chi connectivity index (χ3n) is 5.30. The van der Waals surface area contributed by atoms with Gasteiger partial charge in [0.15, 0.2) is 0 Å². The van der Waals surface area contributed by atoms with E-state index in [-0.39, 0.29) is 6.04 Å². The Morgan fingerprint density at radius 3 is 2.71 bits per heavy atom. The Bertz CT molecular complexity index is 700. The second kappa shape index (κ2) is 6.67. The highest BCUT2D eigenvalue weighted by Gasteiger charge is 2.25. The van der Waals surface area contributed by atoms with E-state index in [1.54, 1.807) is 0 Å². The summed E-state index contributed by atoms with van der Waals surface area (Å²) in [5, 5.41) is 9.66.